The van der Waals surface area contributed by atoms with Crippen LogP contribution in [0.1, 0.15) is 27.9 Å². The number of anilines is 1. The van der Waals surface area contributed by atoms with E-state index in [1.54, 1.807) is 0 Å². The van der Waals surface area contributed by atoms with Gasteiger partial charge in [-0.05, 0) is 37.6 Å². The predicted molar refractivity (Wildman–Crippen MR) is 91.8 cm³/mol. The Morgan fingerprint density at radius 1 is 1.14 bits per heavy atom. The van der Waals surface area contributed by atoms with Crippen molar-refractivity contribution in [3.8, 4) is 0 Å². The molecule has 0 bridgehead atoms. The Balaban J connectivity index is 1.99. The third-order valence-electron chi connectivity index (χ3n) is 3.23. The highest BCUT2D eigenvalue weighted by atomic mass is 79.9. The third kappa shape index (κ3) is 4.30. The van der Waals surface area contributed by atoms with Crippen molar-refractivity contribution >= 4 is 27.4 Å². The smallest absolute Gasteiger partial charge is 0.168 e. The summed E-state index contributed by atoms with van der Waals surface area (Å²) in [5, 5.41) is 3.19. The molecule has 3 heteroatoms. The van der Waals surface area contributed by atoms with Gasteiger partial charge in [0.05, 0.1) is 6.42 Å². The summed E-state index contributed by atoms with van der Waals surface area (Å²) >= 11 is 3.47. The fourth-order valence-electron chi connectivity index (χ4n) is 2.01. The van der Waals surface area contributed by atoms with Crippen LogP contribution in [-0.4, -0.2) is 5.78 Å². The van der Waals surface area contributed by atoms with Crippen LogP contribution in [0.2, 0.25) is 0 Å². The molecule has 0 aliphatic rings. The molecule has 0 aliphatic carbocycles. The van der Waals surface area contributed by atoms with Crippen molar-refractivity contribution in [1.82, 2.24) is 0 Å². The van der Waals surface area contributed by atoms with Crippen LogP contribution < -0.4 is 5.32 Å². The number of benzene rings is 2. The minimum absolute atomic E-state index is 0.0707. The van der Waals surface area contributed by atoms with Crippen LogP contribution >= 0.6 is 15.9 Å². The highest BCUT2D eigenvalue weighted by Crippen LogP contribution is 2.21. The number of halogens is 1. The zero-order valence-electron chi connectivity index (χ0n) is 12.2. The Hall–Kier alpha value is -1.87. The van der Waals surface area contributed by atoms with Gasteiger partial charge in [-0.3, -0.25) is 4.79 Å². The van der Waals surface area contributed by atoms with Gasteiger partial charge >= 0.3 is 0 Å². The SMILES string of the molecule is C=C(CC(=O)c1ccc(C)cc1)Nc1ccc(Br)c(C)c1. The molecule has 0 unspecified atom stereocenters. The van der Waals surface area contributed by atoms with Gasteiger partial charge in [0.1, 0.15) is 0 Å². The second-order valence-corrected chi connectivity index (χ2v) is 6.01. The second-order valence-electron chi connectivity index (χ2n) is 5.16. The maximum absolute atomic E-state index is 12.2. The van der Waals surface area contributed by atoms with Crippen molar-refractivity contribution in [1.29, 1.82) is 0 Å². The number of aryl methyl sites for hydroxylation is 2. The lowest BCUT2D eigenvalue weighted by atomic mass is 10.1. The molecular weight excluding hydrogens is 326 g/mol. The molecule has 0 heterocycles. The Kier molecular flexibility index (Phi) is 4.97. The van der Waals surface area contributed by atoms with Crippen LogP contribution in [0.3, 0.4) is 0 Å². The average molecular weight is 344 g/mol. The molecular formula is C18H18BrNO. The van der Waals surface area contributed by atoms with E-state index in [1.807, 2.05) is 56.3 Å². The number of hydrogen-bond acceptors (Lipinski definition) is 2. The summed E-state index contributed by atoms with van der Waals surface area (Å²) in [6, 6.07) is 13.6. The lowest BCUT2D eigenvalue weighted by molar-refractivity contribution is 0.0993. The molecule has 2 aromatic rings. The maximum Gasteiger partial charge on any atom is 0.168 e. The van der Waals surface area contributed by atoms with Crippen molar-refractivity contribution in [2.45, 2.75) is 20.3 Å². The van der Waals surface area contributed by atoms with E-state index in [0.29, 0.717) is 5.70 Å². The molecule has 2 rings (SSSR count). The molecule has 21 heavy (non-hydrogen) atoms. The number of ketones is 1. The van der Waals surface area contributed by atoms with E-state index < -0.39 is 0 Å². The van der Waals surface area contributed by atoms with Crippen molar-refractivity contribution in [3.05, 3.63) is 75.9 Å². The van der Waals surface area contributed by atoms with Crippen LogP contribution in [0.15, 0.2) is 59.2 Å². The number of allylic oxidation sites excluding steroid dienone is 1. The minimum Gasteiger partial charge on any atom is -0.359 e. The Morgan fingerprint density at radius 2 is 1.81 bits per heavy atom. The van der Waals surface area contributed by atoms with Crippen molar-refractivity contribution in [3.63, 3.8) is 0 Å². The van der Waals surface area contributed by atoms with E-state index in [2.05, 4.69) is 27.8 Å². The summed E-state index contributed by atoms with van der Waals surface area (Å²) in [5.74, 6) is 0.0707. The lowest BCUT2D eigenvalue weighted by Gasteiger charge is -2.10. The number of Topliss-reactive ketones (excluding diaryl/α,β-unsaturated/α-hetero) is 1. The summed E-state index contributed by atoms with van der Waals surface area (Å²) < 4.78 is 1.06. The van der Waals surface area contributed by atoms with E-state index >= 15 is 0 Å². The Morgan fingerprint density at radius 3 is 2.43 bits per heavy atom. The first kappa shape index (κ1) is 15.5. The van der Waals surface area contributed by atoms with Crippen molar-refractivity contribution < 1.29 is 4.79 Å². The standard InChI is InChI=1S/C18H18BrNO/c1-12-4-6-15(7-5-12)18(21)11-14(3)20-16-8-9-17(19)13(2)10-16/h4-10,20H,3,11H2,1-2H3. The van der Waals surface area contributed by atoms with Gasteiger partial charge in [0.2, 0.25) is 0 Å². The van der Waals surface area contributed by atoms with E-state index in [-0.39, 0.29) is 12.2 Å². The first-order valence-corrected chi connectivity index (χ1v) is 7.56. The molecule has 0 saturated heterocycles. The van der Waals surface area contributed by atoms with E-state index in [0.717, 1.165) is 26.9 Å². The highest BCUT2D eigenvalue weighted by Gasteiger charge is 2.08. The molecule has 0 fully saturated rings. The van der Waals surface area contributed by atoms with Gasteiger partial charge in [-0.1, -0.05) is 52.3 Å². The molecule has 2 aromatic carbocycles. The summed E-state index contributed by atoms with van der Waals surface area (Å²) in [5.41, 5.74) is 4.64. The van der Waals surface area contributed by atoms with Gasteiger partial charge in [0.15, 0.2) is 5.78 Å². The summed E-state index contributed by atoms with van der Waals surface area (Å²) in [6.45, 7) is 7.97. The highest BCUT2D eigenvalue weighted by molar-refractivity contribution is 9.10. The molecule has 1 N–H and O–H groups in total. The molecule has 0 aromatic heterocycles. The van der Waals surface area contributed by atoms with Crippen LogP contribution in [0.5, 0.6) is 0 Å². The number of carbonyl (C=O) groups excluding carboxylic acids is 1. The molecule has 0 saturated carbocycles. The van der Waals surface area contributed by atoms with Gasteiger partial charge in [-0.2, -0.15) is 0 Å². The van der Waals surface area contributed by atoms with Crippen molar-refractivity contribution in [2.75, 3.05) is 5.32 Å². The number of nitrogens with one attached hydrogen (secondary N) is 1. The predicted octanol–water partition coefficient (Wildman–Crippen LogP) is 5.26. The van der Waals surface area contributed by atoms with Crippen LogP contribution in [0.25, 0.3) is 0 Å². The van der Waals surface area contributed by atoms with Crippen LogP contribution in [0, 0.1) is 13.8 Å². The largest absolute Gasteiger partial charge is 0.359 e. The van der Waals surface area contributed by atoms with E-state index in [1.165, 1.54) is 0 Å². The number of carbonyl (C=O) groups is 1. The number of hydrogen-bond donors (Lipinski definition) is 1. The normalized spacial score (nSPS) is 10.2. The molecule has 0 spiro atoms. The molecule has 0 amide bonds. The van der Waals surface area contributed by atoms with Gasteiger partial charge in [-0.15, -0.1) is 0 Å². The number of rotatable bonds is 5. The summed E-state index contributed by atoms with van der Waals surface area (Å²) in [7, 11) is 0. The summed E-state index contributed by atoms with van der Waals surface area (Å²) in [4.78, 5) is 12.2. The topological polar surface area (TPSA) is 29.1 Å². The zero-order chi connectivity index (χ0) is 15.4. The quantitative estimate of drug-likeness (QED) is 0.749. The van der Waals surface area contributed by atoms with Crippen molar-refractivity contribution in [2.24, 2.45) is 0 Å². The summed E-state index contributed by atoms with van der Waals surface area (Å²) in [6.07, 6.45) is 0.290. The molecule has 0 aliphatic heterocycles. The Bertz CT molecular complexity index is 674. The van der Waals surface area contributed by atoms with Crippen LogP contribution in [0.4, 0.5) is 5.69 Å². The van der Waals surface area contributed by atoms with Gasteiger partial charge in [0.25, 0.3) is 0 Å². The monoisotopic (exact) mass is 343 g/mol. The van der Waals surface area contributed by atoms with Gasteiger partial charge < -0.3 is 5.32 Å². The first-order valence-electron chi connectivity index (χ1n) is 6.76. The van der Waals surface area contributed by atoms with E-state index in [4.69, 9.17) is 0 Å². The fraction of sp³-hybridized carbons (Fsp3) is 0.167. The van der Waals surface area contributed by atoms with E-state index in [9.17, 15) is 4.79 Å². The molecule has 2 nitrogen and oxygen atoms in total. The second kappa shape index (κ2) is 6.72. The third-order valence-corrected chi connectivity index (χ3v) is 4.12. The van der Waals surface area contributed by atoms with Gasteiger partial charge in [-0.25, -0.2) is 0 Å². The Labute approximate surface area is 134 Å². The average Bonchev–Trinajstić information content (AvgIpc) is 2.43. The zero-order valence-corrected chi connectivity index (χ0v) is 13.8. The maximum atomic E-state index is 12.2. The van der Waals surface area contributed by atoms with Crippen LogP contribution in [-0.2, 0) is 0 Å². The molecule has 108 valence electrons. The minimum atomic E-state index is 0.0707. The first-order chi connectivity index (χ1) is 9.95. The van der Waals surface area contributed by atoms with Gasteiger partial charge in [0, 0.05) is 21.4 Å². The molecule has 0 atom stereocenters. The lowest BCUT2D eigenvalue weighted by Crippen LogP contribution is -2.06. The molecule has 0 radical (unpaired) electrons. The fourth-order valence-corrected chi connectivity index (χ4v) is 2.25.